The minimum Gasteiger partial charge on any atom is -0.313 e. The van der Waals surface area contributed by atoms with Crippen LogP contribution in [0, 0.1) is 13.8 Å². The molecule has 0 saturated heterocycles. The van der Waals surface area contributed by atoms with Crippen molar-refractivity contribution in [3.8, 4) is 0 Å². The molecule has 1 N–H and O–H groups in total. The van der Waals surface area contributed by atoms with Crippen LogP contribution in [0.4, 0.5) is 0 Å². The first kappa shape index (κ1) is 15.6. The normalized spacial score (nSPS) is 12.4. The van der Waals surface area contributed by atoms with Gasteiger partial charge in [0.15, 0.2) is 0 Å². The topological polar surface area (TPSA) is 12.0 Å². The molecule has 0 aliphatic carbocycles. The lowest BCUT2D eigenvalue weighted by Gasteiger charge is -2.21. The zero-order valence-corrected chi connectivity index (χ0v) is 14.3. The van der Waals surface area contributed by atoms with Crippen molar-refractivity contribution in [2.24, 2.45) is 0 Å². The molecule has 106 valence electrons. The summed E-state index contributed by atoms with van der Waals surface area (Å²) < 4.78 is 0.943. The third kappa shape index (κ3) is 3.25. The van der Waals surface area contributed by atoms with Gasteiger partial charge in [-0.05, 0) is 71.6 Å². The Morgan fingerprint density at radius 2 is 1.70 bits per heavy atom. The molecule has 0 spiro atoms. The average Bonchev–Trinajstić information content (AvgIpc) is 2.42. The fourth-order valence-electron chi connectivity index (χ4n) is 2.53. The van der Waals surface area contributed by atoms with Crippen molar-refractivity contribution >= 4 is 27.5 Å². The lowest BCUT2D eigenvalue weighted by Crippen LogP contribution is -2.20. The summed E-state index contributed by atoms with van der Waals surface area (Å²) in [5, 5.41) is 4.17. The fraction of sp³-hybridized carbons (Fsp3) is 0.294. The Morgan fingerprint density at radius 1 is 1.10 bits per heavy atom. The quantitative estimate of drug-likeness (QED) is 0.795. The molecule has 1 nitrogen and oxygen atoms in total. The van der Waals surface area contributed by atoms with E-state index in [1.54, 1.807) is 0 Å². The van der Waals surface area contributed by atoms with Crippen molar-refractivity contribution in [3.63, 3.8) is 0 Å². The molecule has 0 aliphatic heterocycles. The van der Waals surface area contributed by atoms with Gasteiger partial charge in [0.1, 0.15) is 0 Å². The Kier molecular flexibility index (Phi) is 5.25. The van der Waals surface area contributed by atoms with Crippen LogP contribution in [-0.4, -0.2) is 7.05 Å². The van der Waals surface area contributed by atoms with Gasteiger partial charge in [-0.3, -0.25) is 0 Å². The molecule has 0 aromatic heterocycles. The van der Waals surface area contributed by atoms with Crippen molar-refractivity contribution < 1.29 is 0 Å². The number of hydrogen-bond donors (Lipinski definition) is 1. The van der Waals surface area contributed by atoms with Gasteiger partial charge in [-0.25, -0.2) is 0 Å². The minimum atomic E-state index is 0.208. The molecule has 0 amide bonds. The van der Waals surface area contributed by atoms with Crippen LogP contribution in [0.3, 0.4) is 0 Å². The van der Waals surface area contributed by atoms with Gasteiger partial charge in [0, 0.05) is 10.5 Å². The summed E-state index contributed by atoms with van der Waals surface area (Å²) in [7, 11) is 1.98. The first-order valence-electron chi connectivity index (χ1n) is 6.71. The van der Waals surface area contributed by atoms with Gasteiger partial charge in [0.25, 0.3) is 0 Å². The van der Waals surface area contributed by atoms with Crippen molar-refractivity contribution in [2.45, 2.75) is 26.3 Å². The number of nitrogens with one attached hydrogen (secondary N) is 1. The Morgan fingerprint density at radius 3 is 2.30 bits per heavy atom. The molecule has 0 radical (unpaired) electrons. The molecule has 2 aromatic rings. The molecule has 2 aromatic carbocycles. The number of benzene rings is 2. The number of aryl methyl sites for hydroxylation is 2. The Labute approximate surface area is 134 Å². The lowest BCUT2D eigenvalue weighted by molar-refractivity contribution is 0.589. The van der Waals surface area contributed by atoms with E-state index in [2.05, 4.69) is 59.4 Å². The maximum atomic E-state index is 6.43. The summed E-state index contributed by atoms with van der Waals surface area (Å²) >= 11 is 9.92. The summed E-state index contributed by atoms with van der Waals surface area (Å²) in [5.74, 6) is 0. The van der Waals surface area contributed by atoms with Crippen molar-refractivity contribution in [2.75, 3.05) is 7.05 Å². The van der Waals surface area contributed by atoms with E-state index in [1.807, 2.05) is 19.2 Å². The molecule has 2 rings (SSSR count). The number of likely N-dealkylation sites (N-methyl/N-ethyl adjacent to an activating group) is 1. The standard InChI is InChI=1S/C17H19BrClN/c1-11-6-4-7-12(2)14(11)10-16(20-3)13-8-5-9-15(18)17(13)19/h4-9,16,20H,10H2,1-3H3. The highest BCUT2D eigenvalue weighted by Crippen LogP contribution is 2.32. The Balaban J connectivity index is 2.37. The average molecular weight is 353 g/mol. The molecule has 3 heteroatoms. The third-order valence-corrected chi connectivity index (χ3v) is 5.07. The van der Waals surface area contributed by atoms with Gasteiger partial charge >= 0.3 is 0 Å². The van der Waals surface area contributed by atoms with Gasteiger partial charge in [0.05, 0.1) is 5.02 Å². The van der Waals surface area contributed by atoms with Crippen molar-refractivity contribution in [1.82, 2.24) is 5.32 Å². The SMILES string of the molecule is CNC(Cc1c(C)cccc1C)c1cccc(Br)c1Cl. The molecule has 0 aliphatic rings. The van der Waals surface area contributed by atoms with Crippen LogP contribution < -0.4 is 5.32 Å². The smallest absolute Gasteiger partial charge is 0.0595 e. The highest BCUT2D eigenvalue weighted by atomic mass is 79.9. The second-order valence-electron chi connectivity index (χ2n) is 5.06. The third-order valence-electron chi connectivity index (χ3n) is 3.76. The number of hydrogen-bond acceptors (Lipinski definition) is 1. The van der Waals surface area contributed by atoms with E-state index in [-0.39, 0.29) is 6.04 Å². The maximum Gasteiger partial charge on any atom is 0.0595 e. The van der Waals surface area contributed by atoms with E-state index in [9.17, 15) is 0 Å². The van der Waals surface area contributed by atoms with Gasteiger partial charge in [-0.1, -0.05) is 41.9 Å². The Bertz CT molecular complexity index is 590. The van der Waals surface area contributed by atoms with Gasteiger partial charge in [-0.2, -0.15) is 0 Å². The van der Waals surface area contributed by atoms with Gasteiger partial charge < -0.3 is 5.32 Å². The van der Waals surface area contributed by atoms with Crippen LogP contribution in [0.1, 0.15) is 28.3 Å². The maximum absolute atomic E-state index is 6.43. The first-order valence-corrected chi connectivity index (χ1v) is 7.88. The van der Waals surface area contributed by atoms with Crippen LogP contribution in [0.25, 0.3) is 0 Å². The number of rotatable bonds is 4. The van der Waals surface area contributed by atoms with Crippen LogP contribution in [0.2, 0.25) is 5.02 Å². The molecule has 0 saturated carbocycles. The Hall–Kier alpha value is -0.830. The summed E-state index contributed by atoms with van der Waals surface area (Å²) in [6.07, 6.45) is 0.936. The predicted molar refractivity (Wildman–Crippen MR) is 90.6 cm³/mol. The zero-order chi connectivity index (χ0) is 14.7. The lowest BCUT2D eigenvalue weighted by atomic mass is 9.93. The fourth-order valence-corrected chi connectivity index (χ4v) is 3.17. The minimum absolute atomic E-state index is 0.208. The van der Waals surface area contributed by atoms with Crippen molar-refractivity contribution in [1.29, 1.82) is 0 Å². The molecule has 0 bridgehead atoms. The molecule has 1 atom stereocenters. The van der Waals surface area contributed by atoms with Crippen LogP contribution in [0.15, 0.2) is 40.9 Å². The van der Waals surface area contributed by atoms with Crippen molar-refractivity contribution in [3.05, 3.63) is 68.1 Å². The highest BCUT2D eigenvalue weighted by Gasteiger charge is 2.16. The molecule has 20 heavy (non-hydrogen) atoms. The van der Waals surface area contributed by atoms with E-state index in [1.165, 1.54) is 16.7 Å². The van der Waals surface area contributed by atoms with E-state index in [0.717, 1.165) is 21.5 Å². The number of halogens is 2. The molecule has 0 fully saturated rings. The van der Waals surface area contributed by atoms with E-state index in [0.29, 0.717) is 0 Å². The molecular weight excluding hydrogens is 334 g/mol. The monoisotopic (exact) mass is 351 g/mol. The first-order chi connectivity index (χ1) is 9.54. The summed E-state index contributed by atoms with van der Waals surface area (Å²) in [6, 6.07) is 12.7. The summed E-state index contributed by atoms with van der Waals surface area (Å²) in [5.41, 5.74) is 5.18. The molecule has 1 unspecified atom stereocenters. The summed E-state index contributed by atoms with van der Waals surface area (Å²) in [4.78, 5) is 0. The van der Waals surface area contributed by atoms with Crippen LogP contribution >= 0.6 is 27.5 Å². The summed E-state index contributed by atoms with van der Waals surface area (Å²) in [6.45, 7) is 4.33. The van der Waals surface area contributed by atoms with Crippen LogP contribution in [0.5, 0.6) is 0 Å². The zero-order valence-electron chi connectivity index (χ0n) is 12.0. The molecule has 0 heterocycles. The second kappa shape index (κ2) is 6.75. The predicted octanol–water partition coefficient (Wildman–Crippen LogP) is 5.22. The van der Waals surface area contributed by atoms with E-state index in [4.69, 9.17) is 11.6 Å². The van der Waals surface area contributed by atoms with Gasteiger partial charge in [-0.15, -0.1) is 0 Å². The largest absolute Gasteiger partial charge is 0.313 e. The van der Waals surface area contributed by atoms with Gasteiger partial charge in [0.2, 0.25) is 0 Å². The van der Waals surface area contributed by atoms with E-state index >= 15 is 0 Å². The van der Waals surface area contributed by atoms with Crippen LogP contribution in [-0.2, 0) is 6.42 Å². The highest BCUT2D eigenvalue weighted by molar-refractivity contribution is 9.10. The van der Waals surface area contributed by atoms with E-state index < -0.39 is 0 Å². The second-order valence-corrected chi connectivity index (χ2v) is 6.29. The molecular formula is C17H19BrClN.